The summed E-state index contributed by atoms with van der Waals surface area (Å²) in [6, 6.07) is 0. The summed E-state index contributed by atoms with van der Waals surface area (Å²) in [4.78, 5) is 10.6. The molecule has 12 heavy (non-hydrogen) atoms. The predicted molar refractivity (Wildman–Crippen MR) is 36.8 cm³/mol. The highest BCUT2D eigenvalue weighted by Crippen LogP contribution is 2.29. The predicted octanol–water partition coefficient (Wildman–Crippen LogP) is -1.87. The maximum atomic E-state index is 10.6. The van der Waals surface area contributed by atoms with Gasteiger partial charge in [-0.1, -0.05) is 0 Å². The van der Waals surface area contributed by atoms with E-state index in [1.807, 2.05) is 0 Å². The van der Waals surface area contributed by atoms with E-state index in [-0.39, 0.29) is 10.6 Å². The standard InChI is InChI=1S/C4H6ClNOS.ClHO3/c1-6-4(7)2-3(5)8-6;2-1(3)4/h3H,2H2,1H3;2H. The summed E-state index contributed by atoms with van der Waals surface area (Å²) in [5.74, 6) is 0.120. The van der Waals surface area contributed by atoms with Crippen molar-refractivity contribution >= 4 is 29.5 Å². The lowest BCUT2D eigenvalue weighted by atomic mass is 10.5. The molecule has 0 aromatic heterocycles. The maximum Gasteiger partial charge on any atom is 0.282 e. The molecule has 0 bridgehead atoms. The summed E-state index contributed by atoms with van der Waals surface area (Å²) in [6.07, 6.45) is 0.475. The highest BCUT2D eigenvalue weighted by atomic mass is 35.6. The molecule has 0 aliphatic carbocycles. The molecular weight excluding hydrogens is 229 g/mol. The zero-order valence-corrected chi connectivity index (χ0v) is 8.40. The highest BCUT2D eigenvalue weighted by Gasteiger charge is 2.25. The number of nitrogens with zero attached hydrogens (tertiary/aromatic N) is 1. The Labute approximate surface area is 81.8 Å². The molecular formula is C4H7Cl2NO4S. The fourth-order valence-electron chi connectivity index (χ4n) is 0.533. The lowest BCUT2D eigenvalue weighted by molar-refractivity contribution is -1.63. The Bertz CT molecular complexity index is 155. The van der Waals surface area contributed by atoms with Crippen LogP contribution >= 0.6 is 23.5 Å². The van der Waals surface area contributed by atoms with Crippen LogP contribution in [0.3, 0.4) is 0 Å². The molecule has 1 saturated heterocycles. The lowest BCUT2D eigenvalue weighted by Gasteiger charge is -2.02. The summed E-state index contributed by atoms with van der Waals surface area (Å²) in [5, 5.41) is 0. The molecule has 0 spiro atoms. The second kappa shape index (κ2) is 5.85. The summed E-state index contributed by atoms with van der Waals surface area (Å²) in [6.45, 7) is 0. The third-order valence-corrected chi connectivity index (χ3v) is 2.27. The number of carbonyl (C=O) groups excluding carboxylic acids is 1. The second-order valence-electron chi connectivity index (χ2n) is 1.81. The fraction of sp³-hybridized carbons (Fsp3) is 0.750. The molecule has 0 aromatic carbocycles. The van der Waals surface area contributed by atoms with Crippen molar-refractivity contribution in [3.8, 4) is 0 Å². The van der Waals surface area contributed by atoms with Gasteiger partial charge in [-0.3, -0.25) is 9.10 Å². The van der Waals surface area contributed by atoms with Crippen LogP contribution in [-0.4, -0.2) is 26.6 Å². The number of alkyl halides is 1. The van der Waals surface area contributed by atoms with Crippen LogP contribution in [0.1, 0.15) is 6.42 Å². The minimum absolute atomic E-state index is 0.0347. The van der Waals surface area contributed by atoms with Gasteiger partial charge < -0.3 is 9.32 Å². The van der Waals surface area contributed by atoms with Crippen LogP contribution in [0, 0.1) is 10.8 Å². The van der Waals surface area contributed by atoms with Gasteiger partial charge in [0.25, 0.3) is 10.8 Å². The quantitative estimate of drug-likeness (QED) is 0.393. The van der Waals surface area contributed by atoms with E-state index in [0.29, 0.717) is 6.42 Å². The molecule has 0 aromatic rings. The van der Waals surface area contributed by atoms with Crippen molar-refractivity contribution in [3.63, 3.8) is 0 Å². The zero-order valence-electron chi connectivity index (χ0n) is 6.07. The van der Waals surface area contributed by atoms with Crippen molar-refractivity contribution in [1.82, 2.24) is 4.31 Å². The average molecular weight is 236 g/mol. The number of halogens is 2. The number of hydrogen-bond acceptors (Lipinski definition) is 5. The van der Waals surface area contributed by atoms with E-state index in [1.165, 1.54) is 11.9 Å². The minimum atomic E-state index is -2.60. The van der Waals surface area contributed by atoms with Crippen molar-refractivity contribution in [2.75, 3.05) is 7.05 Å². The molecule has 1 rings (SSSR count). The minimum Gasteiger partial charge on any atom is -0.321 e. The van der Waals surface area contributed by atoms with Gasteiger partial charge in [0.05, 0.1) is 6.42 Å². The SMILES string of the molecule is CN1SC(Cl)CC1=O.[O-][Cl+2]([O-])O. The van der Waals surface area contributed by atoms with Gasteiger partial charge >= 0.3 is 0 Å². The first kappa shape index (κ1) is 12.3. The van der Waals surface area contributed by atoms with Crippen molar-refractivity contribution in [3.05, 3.63) is 0 Å². The van der Waals surface area contributed by atoms with E-state index in [9.17, 15) is 4.79 Å². The Kier molecular flexibility index (Phi) is 5.98. The van der Waals surface area contributed by atoms with Gasteiger partial charge in [0, 0.05) is 11.7 Å². The maximum absolute atomic E-state index is 10.6. The third kappa shape index (κ3) is 5.87. The summed E-state index contributed by atoms with van der Waals surface area (Å²) in [7, 11) is -0.870. The average Bonchev–Trinajstić information content (AvgIpc) is 2.08. The molecule has 1 atom stereocenters. The highest BCUT2D eigenvalue weighted by molar-refractivity contribution is 7.99. The molecule has 1 heterocycles. The van der Waals surface area contributed by atoms with Gasteiger partial charge in [-0.05, 0) is 11.9 Å². The molecule has 1 N–H and O–H groups in total. The Morgan fingerprint density at radius 3 is 2.33 bits per heavy atom. The van der Waals surface area contributed by atoms with Crippen molar-refractivity contribution < 1.29 is 29.6 Å². The third-order valence-electron chi connectivity index (χ3n) is 0.959. The van der Waals surface area contributed by atoms with E-state index in [4.69, 9.17) is 25.6 Å². The summed E-state index contributed by atoms with van der Waals surface area (Å²) >= 11 is 6.98. The van der Waals surface area contributed by atoms with Gasteiger partial charge in [-0.2, -0.15) is 0 Å². The fourth-order valence-corrected chi connectivity index (χ4v) is 1.78. The molecule has 1 aliphatic heterocycles. The summed E-state index contributed by atoms with van der Waals surface area (Å²) in [5.41, 5.74) is 0. The van der Waals surface area contributed by atoms with Crippen LogP contribution in [0.2, 0.25) is 0 Å². The van der Waals surface area contributed by atoms with Crippen LogP contribution in [0.4, 0.5) is 0 Å². The smallest absolute Gasteiger partial charge is 0.282 e. The van der Waals surface area contributed by atoms with Crippen molar-refractivity contribution in [1.29, 1.82) is 0 Å². The Morgan fingerprint density at radius 2 is 2.25 bits per heavy atom. The van der Waals surface area contributed by atoms with Crippen LogP contribution in [0.5, 0.6) is 0 Å². The van der Waals surface area contributed by atoms with E-state index < -0.39 is 10.8 Å². The van der Waals surface area contributed by atoms with Crippen LogP contribution in [0.25, 0.3) is 0 Å². The Balaban J connectivity index is 0.000000261. The van der Waals surface area contributed by atoms with Crippen LogP contribution in [0.15, 0.2) is 0 Å². The summed E-state index contributed by atoms with van der Waals surface area (Å²) < 4.78 is 25.5. The van der Waals surface area contributed by atoms with Crippen molar-refractivity contribution in [2.24, 2.45) is 0 Å². The largest absolute Gasteiger partial charge is 0.321 e. The topological polar surface area (TPSA) is 86.7 Å². The van der Waals surface area contributed by atoms with Crippen LogP contribution < -0.4 is 9.32 Å². The van der Waals surface area contributed by atoms with E-state index >= 15 is 0 Å². The van der Waals surface area contributed by atoms with Gasteiger partial charge in [-0.15, -0.1) is 11.6 Å². The molecule has 1 unspecified atom stereocenters. The molecule has 5 nitrogen and oxygen atoms in total. The number of amides is 1. The normalized spacial score (nSPS) is 22.7. The van der Waals surface area contributed by atoms with Gasteiger partial charge in [0.1, 0.15) is 4.71 Å². The van der Waals surface area contributed by atoms with Crippen molar-refractivity contribution in [2.45, 2.75) is 11.1 Å². The van der Waals surface area contributed by atoms with E-state index in [2.05, 4.69) is 0 Å². The van der Waals surface area contributed by atoms with Gasteiger partial charge in [0.2, 0.25) is 5.91 Å². The monoisotopic (exact) mass is 235 g/mol. The number of rotatable bonds is 0. The molecule has 0 saturated carbocycles. The molecule has 1 aliphatic rings. The Morgan fingerprint density at radius 1 is 1.83 bits per heavy atom. The molecule has 0 radical (unpaired) electrons. The molecule has 1 amide bonds. The van der Waals surface area contributed by atoms with E-state index in [0.717, 1.165) is 0 Å². The van der Waals surface area contributed by atoms with Gasteiger partial charge in [-0.25, -0.2) is 0 Å². The lowest BCUT2D eigenvalue weighted by Crippen LogP contribution is -2.30. The molecule has 1 fully saturated rings. The molecule has 8 heteroatoms. The molecule has 72 valence electrons. The number of carbonyl (C=O) groups is 1. The zero-order chi connectivity index (χ0) is 9.72. The van der Waals surface area contributed by atoms with Crippen LogP contribution in [-0.2, 0) is 4.79 Å². The second-order valence-corrected chi connectivity index (χ2v) is 4.33. The Hall–Kier alpha value is 0.280. The first-order valence-electron chi connectivity index (χ1n) is 2.75. The first-order chi connectivity index (χ1) is 5.43. The van der Waals surface area contributed by atoms with Gasteiger partial charge in [0.15, 0.2) is 0 Å². The van der Waals surface area contributed by atoms with E-state index in [1.54, 1.807) is 11.4 Å². The number of hydrogen-bond donors (Lipinski definition) is 1. The first-order valence-corrected chi connectivity index (χ1v) is 4.98.